The third kappa shape index (κ3) is 4.69. The number of nitro groups is 1. The van der Waals surface area contributed by atoms with Gasteiger partial charge in [0.05, 0.1) is 10.5 Å². The summed E-state index contributed by atoms with van der Waals surface area (Å²) in [5.74, 6) is -1.10. The second kappa shape index (κ2) is 8.55. The Balaban J connectivity index is 2.10. The summed E-state index contributed by atoms with van der Waals surface area (Å²) in [6.45, 7) is 1.72. The maximum atomic E-state index is 12.2. The maximum Gasteiger partial charge on any atom is 0.359 e. The molecule has 0 radical (unpaired) electrons. The van der Waals surface area contributed by atoms with Crippen LogP contribution in [0.15, 0.2) is 48.5 Å². The van der Waals surface area contributed by atoms with Gasteiger partial charge in [0.25, 0.3) is 9.48 Å². The molecule has 2 aromatic rings. The van der Waals surface area contributed by atoms with Crippen molar-refractivity contribution >= 4 is 52.1 Å². The summed E-state index contributed by atoms with van der Waals surface area (Å²) in [5, 5.41) is 11.6. The first-order valence-corrected chi connectivity index (χ1v) is 9.77. The Kier molecular flexibility index (Phi) is 6.33. The zero-order chi connectivity index (χ0) is 20.3. The highest BCUT2D eigenvalue weighted by Crippen LogP contribution is 2.38. The minimum atomic E-state index is -2.30. The van der Waals surface area contributed by atoms with E-state index in [4.69, 9.17) is 39.5 Å². The highest BCUT2D eigenvalue weighted by atomic mass is 35.6. The van der Waals surface area contributed by atoms with E-state index >= 15 is 0 Å². The number of rotatable bonds is 5. The number of carbonyl (C=O) groups excluding carboxylic acids is 1. The number of alkyl halides is 3. The molecule has 0 amide bonds. The van der Waals surface area contributed by atoms with Crippen LogP contribution in [0.4, 0.5) is 11.4 Å². The highest BCUT2D eigenvalue weighted by Gasteiger charge is 2.37. The average Bonchev–Trinajstić information content (AvgIpc) is 3.20. The summed E-state index contributed by atoms with van der Waals surface area (Å²) in [7, 11) is 0. The van der Waals surface area contributed by atoms with Gasteiger partial charge in [0.2, 0.25) is 0 Å². The van der Waals surface area contributed by atoms with Crippen LogP contribution in [-0.2, 0) is 9.53 Å². The molecular formula is C19H17Cl3N2O4. The number of esters is 1. The van der Waals surface area contributed by atoms with Crippen LogP contribution in [0.1, 0.15) is 30.1 Å². The van der Waals surface area contributed by atoms with Gasteiger partial charge in [-0.3, -0.25) is 10.1 Å². The number of halogens is 3. The standard InChI is InChI=1S/C19H17Cl3N2O4/c20-19(21,22)18(25)28-17(13-6-2-1-3-7-13)15-12-14(23-10-4-5-11-23)8-9-16(15)24(26)27/h1-3,6-9,12,17H,4-5,10-11H2. The maximum absolute atomic E-state index is 12.2. The Bertz CT molecular complexity index is 865. The van der Waals surface area contributed by atoms with Crippen LogP contribution in [0.5, 0.6) is 0 Å². The molecule has 0 N–H and O–H groups in total. The predicted molar refractivity (Wildman–Crippen MR) is 109 cm³/mol. The highest BCUT2D eigenvalue weighted by molar-refractivity contribution is 6.75. The van der Waals surface area contributed by atoms with Crippen LogP contribution in [0.3, 0.4) is 0 Å². The Labute approximate surface area is 177 Å². The summed E-state index contributed by atoms with van der Waals surface area (Å²) < 4.78 is 3.14. The number of benzene rings is 2. The molecule has 3 rings (SSSR count). The summed E-state index contributed by atoms with van der Waals surface area (Å²) in [4.78, 5) is 25.5. The quantitative estimate of drug-likeness (QED) is 0.275. The summed E-state index contributed by atoms with van der Waals surface area (Å²) in [5.41, 5.74) is 1.41. The van der Waals surface area contributed by atoms with E-state index < -0.39 is 20.8 Å². The van der Waals surface area contributed by atoms with Crippen molar-refractivity contribution in [3.05, 3.63) is 69.8 Å². The SMILES string of the molecule is O=C(OC(c1ccccc1)c1cc(N2CCCC2)ccc1[N+](=O)[O-])C(Cl)(Cl)Cl. The molecule has 1 aliphatic rings. The summed E-state index contributed by atoms with van der Waals surface area (Å²) in [6.07, 6.45) is 1.01. The molecule has 0 aromatic heterocycles. The van der Waals surface area contributed by atoms with Gasteiger partial charge in [0.1, 0.15) is 0 Å². The number of carbonyl (C=O) groups is 1. The molecule has 0 spiro atoms. The fraction of sp³-hybridized carbons (Fsp3) is 0.316. The van der Waals surface area contributed by atoms with E-state index in [2.05, 4.69) is 4.90 Å². The number of nitro benzene ring substituents is 1. The Morgan fingerprint density at radius 2 is 1.75 bits per heavy atom. The second-order valence-electron chi connectivity index (χ2n) is 6.39. The van der Waals surface area contributed by atoms with Crippen molar-refractivity contribution in [2.75, 3.05) is 18.0 Å². The molecule has 1 heterocycles. The zero-order valence-electron chi connectivity index (χ0n) is 14.7. The van der Waals surface area contributed by atoms with Crippen molar-refractivity contribution in [2.24, 2.45) is 0 Å². The Morgan fingerprint density at radius 3 is 2.32 bits per heavy atom. The lowest BCUT2D eigenvalue weighted by Gasteiger charge is -2.23. The minimum absolute atomic E-state index is 0.172. The van der Waals surface area contributed by atoms with Gasteiger partial charge in [0.15, 0.2) is 6.10 Å². The summed E-state index contributed by atoms with van der Waals surface area (Å²) >= 11 is 17.0. The smallest absolute Gasteiger partial charge is 0.359 e. The second-order valence-corrected chi connectivity index (χ2v) is 8.67. The van der Waals surface area contributed by atoms with Gasteiger partial charge < -0.3 is 9.64 Å². The Morgan fingerprint density at radius 1 is 1.11 bits per heavy atom. The van der Waals surface area contributed by atoms with Crippen molar-refractivity contribution in [1.29, 1.82) is 0 Å². The van der Waals surface area contributed by atoms with E-state index in [1.54, 1.807) is 42.5 Å². The number of ether oxygens (including phenoxy) is 1. The number of hydrogen-bond acceptors (Lipinski definition) is 5. The lowest BCUT2D eigenvalue weighted by Crippen LogP contribution is -2.25. The van der Waals surface area contributed by atoms with E-state index in [0.29, 0.717) is 5.56 Å². The molecule has 0 saturated carbocycles. The molecule has 6 nitrogen and oxygen atoms in total. The van der Waals surface area contributed by atoms with Crippen LogP contribution in [0, 0.1) is 10.1 Å². The van der Waals surface area contributed by atoms with Crippen LogP contribution < -0.4 is 4.90 Å². The monoisotopic (exact) mass is 442 g/mol. The van der Waals surface area contributed by atoms with Gasteiger partial charge in [-0.2, -0.15) is 0 Å². The van der Waals surface area contributed by atoms with Gasteiger partial charge in [-0.15, -0.1) is 0 Å². The van der Waals surface area contributed by atoms with Crippen LogP contribution in [0.2, 0.25) is 0 Å². The van der Waals surface area contributed by atoms with Gasteiger partial charge in [0, 0.05) is 24.8 Å². The molecule has 1 fully saturated rings. The Hall–Kier alpha value is -2.02. The molecule has 1 saturated heterocycles. The molecule has 1 unspecified atom stereocenters. The molecule has 1 atom stereocenters. The first-order valence-electron chi connectivity index (χ1n) is 8.63. The molecule has 0 bridgehead atoms. The normalized spacial score (nSPS) is 15.3. The largest absolute Gasteiger partial charge is 0.449 e. The van der Waals surface area contributed by atoms with Gasteiger partial charge in [-0.25, -0.2) is 4.79 Å². The molecular weight excluding hydrogens is 427 g/mol. The van der Waals surface area contributed by atoms with Crippen molar-refractivity contribution in [2.45, 2.75) is 22.7 Å². The number of hydrogen-bond donors (Lipinski definition) is 0. The minimum Gasteiger partial charge on any atom is -0.449 e. The van der Waals surface area contributed by atoms with Crippen LogP contribution >= 0.6 is 34.8 Å². The van der Waals surface area contributed by atoms with E-state index in [-0.39, 0.29) is 11.3 Å². The van der Waals surface area contributed by atoms with Gasteiger partial charge >= 0.3 is 5.97 Å². The number of nitrogens with zero attached hydrogens (tertiary/aromatic N) is 2. The fourth-order valence-electron chi connectivity index (χ4n) is 3.20. The topological polar surface area (TPSA) is 72.7 Å². The zero-order valence-corrected chi connectivity index (χ0v) is 17.0. The van der Waals surface area contributed by atoms with Crippen LogP contribution in [-0.4, -0.2) is 27.8 Å². The first kappa shape index (κ1) is 20.7. The third-order valence-corrected chi connectivity index (χ3v) is 4.98. The molecule has 28 heavy (non-hydrogen) atoms. The van der Waals surface area contributed by atoms with Gasteiger partial charge in [-0.1, -0.05) is 65.1 Å². The van der Waals surface area contributed by atoms with E-state index in [1.807, 2.05) is 0 Å². The fourth-order valence-corrected chi connectivity index (χ4v) is 3.34. The number of anilines is 1. The van der Waals surface area contributed by atoms with E-state index in [9.17, 15) is 14.9 Å². The molecule has 148 valence electrons. The molecule has 1 aliphatic heterocycles. The van der Waals surface area contributed by atoms with Crippen molar-refractivity contribution < 1.29 is 14.5 Å². The van der Waals surface area contributed by atoms with E-state index in [0.717, 1.165) is 31.6 Å². The third-order valence-electron chi connectivity index (χ3n) is 4.52. The first-order chi connectivity index (χ1) is 13.3. The molecule has 2 aromatic carbocycles. The van der Waals surface area contributed by atoms with Crippen molar-refractivity contribution in [3.63, 3.8) is 0 Å². The summed E-state index contributed by atoms with van der Waals surface area (Å²) in [6, 6.07) is 13.4. The molecule has 0 aliphatic carbocycles. The van der Waals surface area contributed by atoms with Crippen LogP contribution in [0.25, 0.3) is 0 Å². The van der Waals surface area contributed by atoms with Gasteiger partial charge in [-0.05, 0) is 30.5 Å². The lowest BCUT2D eigenvalue weighted by molar-refractivity contribution is -0.386. The lowest BCUT2D eigenvalue weighted by atomic mass is 9.98. The average molecular weight is 444 g/mol. The van der Waals surface area contributed by atoms with E-state index in [1.165, 1.54) is 6.07 Å². The van der Waals surface area contributed by atoms with Crippen molar-refractivity contribution in [3.8, 4) is 0 Å². The van der Waals surface area contributed by atoms with Crippen molar-refractivity contribution in [1.82, 2.24) is 0 Å². The molecule has 9 heteroatoms. The predicted octanol–water partition coefficient (Wildman–Crippen LogP) is 5.20.